The van der Waals surface area contributed by atoms with Crippen LogP contribution in [0.3, 0.4) is 0 Å². The van der Waals surface area contributed by atoms with Crippen LogP contribution >= 0.6 is 11.8 Å². The van der Waals surface area contributed by atoms with Crippen molar-refractivity contribution < 1.29 is 0 Å². The van der Waals surface area contributed by atoms with E-state index in [0.29, 0.717) is 17.9 Å². The number of benzene rings is 2. The third-order valence-corrected chi connectivity index (χ3v) is 6.73. The molecule has 2 aromatic rings. The molecule has 0 fully saturated rings. The first-order valence-corrected chi connectivity index (χ1v) is 12.1. The Morgan fingerprint density at radius 1 is 0.933 bits per heavy atom. The molecule has 0 amide bonds. The topological polar surface area (TPSA) is 24.7 Å². The third kappa shape index (κ3) is 5.24. The Balaban J connectivity index is 2.23. The maximum Gasteiger partial charge on any atom is 0.117 e. The number of hydrogen-bond acceptors (Lipinski definition) is 3. The second-order valence-corrected chi connectivity index (χ2v) is 11.0. The monoisotopic (exact) mass is 420 g/mol. The lowest BCUT2D eigenvalue weighted by atomic mass is 9.85. The van der Waals surface area contributed by atoms with E-state index in [2.05, 4.69) is 97.0 Å². The molecule has 1 atom stereocenters. The summed E-state index contributed by atoms with van der Waals surface area (Å²) in [6.45, 7) is 15.9. The highest BCUT2D eigenvalue weighted by atomic mass is 32.2. The largest absolute Gasteiger partial charge is 0.272 e. The quantitative estimate of drug-likeness (QED) is 0.450. The van der Waals surface area contributed by atoms with E-state index in [4.69, 9.17) is 9.98 Å². The summed E-state index contributed by atoms with van der Waals surface area (Å²) >= 11 is 1.85. The standard InChI is InChI=1S/C27H36N2S/c1-18(2)21-14-11-15-22(19(3)4)25(21)29-24(20-12-9-8-10-13-20)26-28-23(16-17-30-26)27(5,6)7/h8-15,18-19,23H,16-17H2,1-7H3/b29-24+/t23-/m1/s1. The van der Waals surface area contributed by atoms with E-state index in [0.717, 1.165) is 34.2 Å². The van der Waals surface area contributed by atoms with Crippen LogP contribution in [0, 0.1) is 5.41 Å². The minimum atomic E-state index is 0.160. The molecule has 0 saturated carbocycles. The molecule has 160 valence electrons. The van der Waals surface area contributed by atoms with Gasteiger partial charge in [-0.05, 0) is 34.8 Å². The predicted octanol–water partition coefficient (Wildman–Crippen LogP) is 8.00. The highest BCUT2D eigenvalue weighted by Crippen LogP contribution is 2.37. The van der Waals surface area contributed by atoms with E-state index >= 15 is 0 Å². The average molecular weight is 421 g/mol. The van der Waals surface area contributed by atoms with Crippen molar-refractivity contribution in [1.29, 1.82) is 0 Å². The van der Waals surface area contributed by atoms with Gasteiger partial charge in [-0.3, -0.25) is 4.99 Å². The number of aliphatic imine (C=N–C) groups is 2. The van der Waals surface area contributed by atoms with Gasteiger partial charge in [0.2, 0.25) is 0 Å². The predicted molar refractivity (Wildman–Crippen MR) is 135 cm³/mol. The first-order chi connectivity index (χ1) is 14.2. The van der Waals surface area contributed by atoms with Crippen molar-refractivity contribution in [2.75, 3.05) is 5.75 Å². The van der Waals surface area contributed by atoms with E-state index < -0.39 is 0 Å². The summed E-state index contributed by atoms with van der Waals surface area (Å²) in [5, 5.41) is 1.08. The molecule has 0 unspecified atom stereocenters. The summed E-state index contributed by atoms with van der Waals surface area (Å²) in [5.41, 5.74) is 6.07. The Morgan fingerprint density at radius 3 is 2.07 bits per heavy atom. The molecule has 1 aliphatic rings. The van der Waals surface area contributed by atoms with Crippen LogP contribution in [0.2, 0.25) is 0 Å². The smallest absolute Gasteiger partial charge is 0.117 e. The molecule has 0 spiro atoms. The van der Waals surface area contributed by atoms with Crippen molar-refractivity contribution in [1.82, 2.24) is 0 Å². The lowest BCUT2D eigenvalue weighted by Crippen LogP contribution is -2.31. The highest BCUT2D eigenvalue weighted by Gasteiger charge is 2.29. The average Bonchev–Trinajstić information content (AvgIpc) is 2.71. The van der Waals surface area contributed by atoms with E-state index in [-0.39, 0.29) is 5.41 Å². The zero-order valence-corrected chi connectivity index (χ0v) is 20.4. The summed E-state index contributed by atoms with van der Waals surface area (Å²) < 4.78 is 0. The fourth-order valence-corrected chi connectivity index (χ4v) is 4.89. The Hall–Kier alpha value is -1.87. The zero-order chi connectivity index (χ0) is 21.9. The van der Waals surface area contributed by atoms with Crippen LogP contribution in [0.25, 0.3) is 0 Å². The van der Waals surface area contributed by atoms with Gasteiger partial charge < -0.3 is 0 Å². The summed E-state index contributed by atoms with van der Waals surface area (Å²) in [6.07, 6.45) is 1.12. The molecule has 3 rings (SSSR count). The van der Waals surface area contributed by atoms with Gasteiger partial charge in [-0.25, -0.2) is 4.99 Å². The van der Waals surface area contributed by atoms with Gasteiger partial charge in [0.25, 0.3) is 0 Å². The number of para-hydroxylation sites is 1. The second kappa shape index (κ2) is 9.51. The van der Waals surface area contributed by atoms with Crippen LogP contribution < -0.4 is 0 Å². The first kappa shape index (κ1) is 22.8. The number of nitrogens with zero attached hydrogens (tertiary/aromatic N) is 2. The molecule has 2 nitrogen and oxygen atoms in total. The molecule has 0 N–H and O–H groups in total. The summed E-state index contributed by atoms with van der Waals surface area (Å²) in [5.74, 6) is 1.93. The molecular weight excluding hydrogens is 384 g/mol. The Kier molecular flexibility index (Phi) is 7.23. The lowest BCUT2D eigenvalue weighted by molar-refractivity contribution is 0.316. The molecule has 1 heterocycles. The van der Waals surface area contributed by atoms with Crippen molar-refractivity contribution in [2.45, 2.75) is 72.8 Å². The van der Waals surface area contributed by atoms with Crippen LogP contribution in [0.5, 0.6) is 0 Å². The van der Waals surface area contributed by atoms with Crippen molar-refractivity contribution >= 4 is 28.2 Å². The molecule has 0 saturated heterocycles. The van der Waals surface area contributed by atoms with E-state index in [1.165, 1.54) is 11.1 Å². The van der Waals surface area contributed by atoms with Crippen molar-refractivity contribution in [3.8, 4) is 0 Å². The van der Waals surface area contributed by atoms with Gasteiger partial charge in [0.15, 0.2) is 0 Å². The molecule has 0 bridgehead atoms. The second-order valence-electron chi connectivity index (χ2n) is 9.87. The van der Waals surface area contributed by atoms with E-state index in [1.54, 1.807) is 0 Å². The minimum Gasteiger partial charge on any atom is -0.272 e. The third-order valence-electron chi connectivity index (χ3n) is 5.72. The van der Waals surface area contributed by atoms with Gasteiger partial charge in [0.1, 0.15) is 10.8 Å². The molecule has 2 aromatic carbocycles. The Bertz CT molecular complexity index is 891. The van der Waals surface area contributed by atoms with Crippen molar-refractivity contribution in [3.05, 3.63) is 65.2 Å². The molecule has 0 radical (unpaired) electrons. The van der Waals surface area contributed by atoms with E-state index in [1.807, 2.05) is 11.8 Å². The van der Waals surface area contributed by atoms with Crippen LogP contribution in [0.4, 0.5) is 5.69 Å². The van der Waals surface area contributed by atoms with E-state index in [9.17, 15) is 0 Å². The SMILES string of the molecule is CC(C)c1cccc(C(C)C)c1/N=C(/C1=N[C@@H](C(C)(C)C)CCS1)c1ccccc1. The van der Waals surface area contributed by atoms with Gasteiger partial charge in [-0.1, -0.05) is 97.0 Å². The van der Waals surface area contributed by atoms with Crippen LogP contribution in [0.1, 0.15) is 83.4 Å². The Morgan fingerprint density at radius 2 is 1.53 bits per heavy atom. The first-order valence-electron chi connectivity index (χ1n) is 11.2. The molecule has 0 aliphatic carbocycles. The molecule has 3 heteroatoms. The fourth-order valence-electron chi connectivity index (χ4n) is 3.85. The van der Waals surface area contributed by atoms with Gasteiger partial charge >= 0.3 is 0 Å². The molecule has 30 heavy (non-hydrogen) atoms. The van der Waals surface area contributed by atoms with Gasteiger partial charge in [-0.2, -0.15) is 0 Å². The summed E-state index contributed by atoms with van der Waals surface area (Å²) in [4.78, 5) is 10.6. The van der Waals surface area contributed by atoms with Crippen LogP contribution in [0.15, 0.2) is 58.5 Å². The van der Waals surface area contributed by atoms with Gasteiger partial charge in [0.05, 0.1) is 11.7 Å². The highest BCUT2D eigenvalue weighted by molar-refractivity contribution is 8.15. The molecular formula is C27H36N2S. The summed E-state index contributed by atoms with van der Waals surface area (Å²) in [6, 6.07) is 17.5. The van der Waals surface area contributed by atoms with Crippen molar-refractivity contribution in [2.24, 2.45) is 15.4 Å². The van der Waals surface area contributed by atoms with Crippen molar-refractivity contribution in [3.63, 3.8) is 0 Å². The lowest BCUT2D eigenvalue weighted by Gasteiger charge is -2.31. The molecule has 1 aliphatic heterocycles. The van der Waals surface area contributed by atoms with Gasteiger partial charge in [-0.15, -0.1) is 11.8 Å². The number of rotatable bonds is 5. The maximum absolute atomic E-state index is 5.38. The number of hydrogen-bond donors (Lipinski definition) is 0. The number of thioether (sulfide) groups is 1. The maximum atomic E-state index is 5.38. The van der Waals surface area contributed by atoms with Crippen LogP contribution in [-0.2, 0) is 0 Å². The van der Waals surface area contributed by atoms with Crippen LogP contribution in [-0.4, -0.2) is 22.6 Å². The fraction of sp³-hybridized carbons (Fsp3) is 0.481. The Labute approximate surface area is 187 Å². The van der Waals surface area contributed by atoms with Gasteiger partial charge in [0, 0.05) is 11.3 Å². The normalized spacial score (nSPS) is 18.1. The minimum absolute atomic E-state index is 0.160. The summed E-state index contributed by atoms with van der Waals surface area (Å²) in [7, 11) is 0. The molecule has 0 aromatic heterocycles. The zero-order valence-electron chi connectivity index (χ0n) is 19.6.